The van der Waals surface area contributed by atoms with Crippen LogP contribution in [0.5, 0.6) is 0 Å². The molecule has 0 radical (unpaired) electrons. The summed E-state index contributed by atoms with van der Waals surface area (Å²) in [6, 6.07) is 3.65. The van der Waals surface area contributed by atoms with E-state index >= 15 is 0 Å². The molecule has 3 heterocycles. The molecule has 1 amide bonds. The van der Waals surface area contributed by atoms with Crippen LogP contribution in [-0.4, -0.2) is 61.4 Å². The van der Waals surface area contributed by atoms with Crippen molar-refractivity contribution in [3.05, 3.63) is 23.9 Å². The second kappa shape index (κ2) is 7.72. The Labute approximate surface area is 150 Å². The van der Waals surface area contributed by atoms with Crippen LogP contribution >= 0.6 is 0 Å². The molecule has 2 fully saturated rings. The summed E-state index contributed by atoms with van der Waals surface area (Å²) in [6.07, 6.45) is 6.79. The van der Waals surface area contributed by atoms with Gasteiger partial charge in [-0.05, 0) is 38.3 Å². The summed E-state index contributed by atoms with van der Waals surface area (Å²) in [7, 11) is -2.93. The van der Waals surface area contributed by atoms with Crippen molar-refractivity contribution in [3.63, 3.8) is 0 Å². The van der Waals surface area contributed by atoms with E-state index in [1.165, 1.54) is 12.8 Å². The maximum absolute atomic E-state index is 12.6. The number of hydrogen-bond donors (Lipinski definition) is 0. The average Bonchev–Trinajstić information content (AvgIpc) is 2.81. The molecule has 6 nitrogen and oxygen atoms in total. The molecule has 7 heteroatoms. The number of rotatable bonds is 4. The van der Waals surface area contributed by atoms with Gasteiger partial charge in [-0.2, -0.15) is 0 Å². The van der Waals surface area contributed by atoms with Crippen LogP contribution in [0.15, 0.2) is 18.3 Å². The Balaban J connectivity index is 1.71. The van der Waals surface area contributed by atoms with Gasteiger partial charge in [0.1, 0.15) is 5.82 Å². The number of anilines is 1. The van der Waals surface area contributed by atoms with Crippen molar-refractivity contribution in [1.29, 1.82) is 0 Å². The van der Waals surface area contributed by atoms with E-state index in [1.54, 1.807) is 6.20 Å². The van der Waals surface area contributed by atoms with Gasteiger partial charge in [0.05, 0.1) is 17.1 Å². The highest BCUT2D eigenvalue weighted by Gasteiger charge is 2.32. The summed E-state index contributed by atoms with van der Waals surface area (Å²) in [6.45, 7) is 4.35. The van der Waals surface area contributed by atoms with Crippen LogP contribution in [0, 0.1) is 0 Å². The lowest BCUT2D eigenvalue weighted by Gasteiger charge is -2.28. The van der Waals surface area contributed by atoms with Gasteiger partial charge in [0, 0.05) is 31.9 Å². The predicted octanol–water partition coefficient (Wildman–Crippen LogP) is 2.11. The molecule has 3 rings (SSSR count). The van der Waals surface area contributed by atoms with Gasteiger partial charge in [0.2, 0.25) is 0 Å². The number of nitrogens with zero attached hydrogens (tertiary/aromatic N) is 3. The summed E-state index contributed by atoms with van der Waals surface area (Å²) in [5.41, 5.74) is 0.612. The van der Waals surface area contributed by atoms with Gasteiger partial charge in [-0.15, -0.1) is 0 Å². The molecule has 0 spiro atoms. The molecular formula is C18H27N3O3S. The first-order valence-corrected chi connectivity index (χ1v) is 11.0. The smallest absolute Gasteiger partial charge is 0.255 e. The number of pyridine rings is 1. The fourth-order valence-electron chi connectivity index (χ4n) is 3.77. The number of likely N-dealkylation sites (tertiary alicyclic amines) is 1. The minimum atomic E-state index is -2.93. The first kappa shape index (κ1) is 18.2. The molecule has 0 aromatic carbocycles. The lowest BCUT2D eigenvalue weighted by atomic mass is 10.2. The Morgan fingerprint density at radius 1 is 1.24 bits per heavy atom. The van der Waals surface area contributed by atoms with Crippen molar-refractivity contribution in [1.82, 2.24) is 9.88 Å². The van der Waals surface area contributed by atoms with E-state index in [2.05, 4.69) is 4.98 Å². The van der Waals surface area contributed by atoms with Crippen molar-refractivity contribution in [2.45, 2.75) is 45.1 Å². The number of sulfone groups is 1. The number of carbonyl (C=O) groups excluding carboxylic acids is 1. The fourth-order valence-corrected chi connectivity index (χ4v) is 5.50. The fraction of sp³-hybridized carbons (Fsp3) is 0.667. The van der Waals surface area contributed by atoms with Crippen molar-refractivity contribution in [2.24, 2.45) is 0 Å². The van der Waals surface area contributed by atoms with E-state index in [4.69, 9.17) is 0 Å². The van der Waals surface area contributed by atoms with Gasteiger partial charge >= 0.3 is 0 Å². The number of amides is 1. The largest absolute Gasteiger partial charge is 0.353 e. The van der Waals surface area contributed by atoms with E-state index in [0.717, 1.165) is 31.7 Å². The molecular weight excluding hydrogens is 338 g/mol. The third kappa shape index (κ3) is 4.32. The van der Waals surface area contributed by atoms with Gasteiger partial charge in [-0.25, -0.2) is 13.4 Å². The summed E-state index contributed by atoms with van der Waals surface area (Å²) < 4.78 is 23.5. The predicted molar refractivity (Wildman–Crippen MR) is 98.7 cm³/mol. The van der Waals surface area contributed by atoms with E-state index in [1.807, 2.05) is 28.9 Å². The molecule has 0 bridgehead atoms. The van der Waals surface area contributed by atoms with E-state index in [-0.39, 0.29) is 23.5 Å². The Morgan fingerprint density at radius 2 is 1.96 bits per heavy atom. The summed E-state index contributed by atoms with van der Waals surface area (Å²) in [5, 5.41) is 0. The zero-order valence-electron chi connectivity index (χ0n) is 14.9. The van der Waals surface area contributed by atoms with Gasteiger partial charge in [-0.1, -0.05) is 12.8 Å². The lowest BCUT2D eigenvalue weighted by Crippen LogP contribution is -2.37. The van der Waals surface area contributed by atoms with Gasteiger partial charge < -0.3 is 9.80 Å². The Morgan fingerprint density at radius 3 is 2.48 bits per heavy atom. The minimum absolute atomic E-state index is 0.0188. The standard InChI is InChI=1S/C18H27N3O3S/c1-2-21(16-9-12-25(23,24)14-16)17-8-7-15(13-19-17)18(22)20-10-5-3-4-6-11-20/h7-8,13,16H,2-6,9-12,14H2,1H3. The van der Waals surface area contributed by atoms with Crippen LogP contribution in [-0.2, 0) is 9.84 Å². The maximum atomic E-state index is 12.6. The first-order valence-electron chi connectivity index (χ1n) is 9.22. The molecule has 2 aliphatic rings. The van der Waals surface area contributed by atoms with E-state index in [0.29, 0.717) is 18.5 Å². The molecule has 1 unspecified atom stereocenters. The van der Waals surface area contributed by atoms with Crippen LogP contribution in [0.25, 0.3) is 0 Å². The molecule has 138 valence electrons. The van der Waals surface area contributed by atoms with Crippen LogP contribution in [0.2, 0.25) is 0 Å². The monoisotopic (exact) mass is 365 g/mol. The highest BCUT2D eigenvalue weighted by atomic mass is 32.2. The third-order valence-corrected chi connectivity index (χ3v) is 6.92. The molecule has 2 aliphatic heterocycles. The lowest BCUT2D eigenvalue weighted by molar-refractivity contribution is 0.0761. The highest BCUT2D eigenvalue weighted by Crippen LogP contribution is 2.23. The van der Waals surface area contributed by atoms with Crippen molar-refractivity contribution in [2.75, 3.05) is 36.0 Å². The molecule has 1 atom stereocenters. The molecule has 0 saturated carbocycles. The topological polar surface area (TPSA) is 70.6 Å². The number of carbonyl (C=O) groups is 1. The van der Waals surface area contributed by atoms with Gasteiger partial charge in [-0.3, -0.25) is 4.79 Å². The summed E-state index contributed by atoms with van der Waals surface area (Å²) >= 11 is 0. The second-order valence-corrected chi connectivity index (χ2v) is 9.18. The Bertz CT molecular complexity index is 695. The van der Waals surface area contributed by atoms with Gasteiger partial charge in [0.25, 0.3) is 5.91 Å². The third-order valence-electron chi connectivity index (χ3n) is 5.17. The van der Waals surface area contributed by atoms with Crippen LogP contribution < -0.4 is 4.90 Å². The van der Waals surface area contributed by atoms with E-state index < -0.39 is 9.84 Å². The molecule has 0 N–H and O–H groups in total. The molecule has 25 heavy (non-hydrogen) atoms. The van der Waals surface area contributed by atoms with Gasteiger partial charge in [0.15, 0.2) is 9.84 Å². The Kier molecular flexibility index (Phi) is 5.61. The normalized spacial score (nSPS) is 23.2. The number of hydrogen-bond acceptors (Lipinski definition) is 5. The SMILES string of the molecule is CCN(c1ccc(C(=O)N2CCCCCC2)cn1)C1CCS(=O)(=O)C1. The van der Waals surface area contributed by atoms with E-state index in [9.17, 15) is 13.2 Å². The zero-order chi connectivity index (χ0) is 17.9. The zero-order valence-corrected chi connectivity index (χ0v) is 15.7. The number of aromatic nitrogens is 1. The minimum Gasteiger partial charge on any atom is -0.353 e. The molecule has 1 aromatic rings. The highest BCUT2D eigenvalue weighted by molar-refractivity contribution is 7.91. The quantitative estimate of drug-likeness (QED) is 0.817. The first-order chi connectivity index (χ1) is 12.0. The summed E-state index contributed by atoms with van der Waals surface area (Å²) in [4.78, 5) is 21.1. The van der Waals surface area contributed by atoms with Crippen LogP contribution in [0.4, 0.5) is 5.82 Å². The van der Waals surface area contributed by atoms with Crippen LogP contribution in [0.1, 0.15) is 49.4 Å². The van der Waals surface area contributed by atoms with Crippen molar-refractivity contribution >= 4 is 21.6 Å². The van der Waals surface area contributed by atoms with Crippen molar-refractivity contribution in [3.8, 4) is 0 Å². The Hall–Kier alpha value is -1.63. The van der Waals surface area contributed by atoms with Crippen LogP contribution in [0.3, 0.4) is 0 Å². The summed E-state index contributed by atoms with van der Waals surface area (Å²) in [5.74, 6) is 1.24. The average molecular weight is 365 g/mol. The molecule has 0 aliphatic carbocycles. The molecule has 2 saturated heterocycles. The maximum Gasteiger partial charge on any atom is 0.255 e. The second-order valence-electron chi connectivity index (χ2n) is 6.95. The van der Waals surface area contributed by atoms with Crippen molar-refractivity contribution < 1.29 is 13.2 Å². The molecule has 1 aromatic heterocycles.